The molecule has 0 spiro atoms. The first kappa shape index (κ1) is 10.9. The summed E-state index contributed by atoms with van der Waals surface area (Å²) in [7, 11) is 0. The van der Waals surface area contributed by atoms with Crippen molar-refractivity contribution in [2.24, 2.45) is 5.92 Å². The largest absolute Gasteiger partial charge is 0.308 e. The number of allylic oxidation sites excluding steroid dienone is 4. The van der Waals surface area contributed by atoms with Crippen LogP contribution in [0.5, 0.6) is 0 Å². The molecule has 0 aromatic carbocycles. The minimum atomic E-state index is 0.386. The van der Waals surface area contributed by atoms with Gasteiger partial charge in [0.15, 0.2) is 0 Å². The molecule has 0 aromatic rings. The molecule has 0 radical (unpaired) electrons. The van der Waals surface area contributed by atoms with Gasteiger partial charge in [0, 0.05) is 6.21 Å². The third-order valence-electron chi connectivity index (χ3n) is 1.92. The van der Waals surface area contributed by atoms with E-state index in [1.807, 2.05) is 6.92 Å². The Labute approximate surface area is 75.0 Å². The molecule has 0 aromatic heterocycles. The molecule has 0 aliphatic rings. The molecule has 0 fully saturated rings. The van der Waals surface area contributed by atoms with Crippen molar-refractivity contribution in [2.45, 2.75) is 20.8 Å². The first-order valence-electron chi connectivity index (χ1n) is 4.07. The van der Waals surface area contributed by atoms with Crippen molar-refractivity contribution in [3.8, 4) is 0 Å². The highest BCUT2D eigenvalue weighted by atomic mass is 14.3. The van der Waals surface area contributed by atoms with Crippen molar-refractivity contribution >= 4 is 6.21 Å². The Morgan fingerprint density at radius 2 is 1.92 bits per heavy atom. The van der Waals surface area contributed by atoms with Gasteiger partial charge in [0.25, 0.3) is 0 Å². The fraction of sp³-hybridized carbons (Fsp3) is 0.364. The van der Waals surface area contributed by atoms with Crippen LogP contribution >= 0.6 is 0 Å². The van der Waals surface area contributed by atoms with Gasteiger partial charge in [-0.1, -0.05) is 33.1 Å². The zero-order valence-electron chi connectivity index (χ0n) is 8.15. The normalized spacial score (nSPS) is 12.3. The summed E-state index contributed by atoms with van der Waals surface area (Å²) < 4.78 is 0. The Morgan fingerprint density at radius 3 is 2.17 bits per heavy atom. The quantitative estimate of drug-likeness (QED) is 0.485. The maximum absolute atomic E-state index is 7.23. The van der Waals surface area contributed by atoms with Gasteiger partial charge in [-0.3, -0.25) is 0 Å². The zero-order valence-corrected chi connectivity index (χ0v) is 8.15. The molecule has 0 aliphatic carbocycles. The van der Waals surface area contributed by atoms with Crippen LogP contribution in [0.25, 0.3) is 0 Å². The second-order valence-electron chi connectivity index (χ2n) is 3.13. The molecule has 66 valence electrons. The zero-order chi connectivity index (χ0) is 9.72. The van der Waals surface area contributed by atoms with Gasteiger partial charge < -0.3 is 5.41 Å². The number of hydrogen-bond acceptors (Lipinski definition) is 1. The number of rotatable bonds is 4. The van der Waals surface area contributed by atoms with Gasteiger partial charge >= 0.3 is 0 Å². The second-order valence-corrected chi connectivity index (χ2v) is 3.13. The molecule has 0 aliphatic heterocycles. The minimum absolute atomic E-state index is 0.386. The van der Waals surface area contributed by atoms with E-state index in [0.29, 0.717) is 5.92 Å². The molecule has 0 saturated carbocycles. The fourth-order valence-electron chi connectivity index (χ4n) is 0.881. The topological polar surface area (TPSA) is 23.9 Å². The predicted octanol–water partition coefficient (Wildman–Crippen LogP) is 3.35. The SMILES string of the molecule is C=C/C(C)=C(/C=N)C(=C)C(C)C. The smallest absolute Gasteiger partial charge is 0.0255 e. The summed E-state index contributed by atoms with van der Waals surface area (Å²) in [6.07, 6.45) is 3.10. The van der Waals surface area contributed by atoms with Gasteiger partial charge in [-0.25, -0.2) is 0 Å². The van der Waals surface area contributed by atoms with Crippen LogP contribution in [0, 0.1) is 11.3 Å². The van der Waals surface area contributed by atoms with Crippen LogP contribution in [0.1, 0.15) is 20.8 Å². The Kier molecular flexibility index (Phi) is 4.27. The molecule has 1 nitrogen and oxygen atoms in total. The van der Waals surface area contributed by atoms with Crippen LogP contribution in [0.4, 0.5) is 0 Å². The first-order chi connectivity index (χ1) is 5.54. The number of nitrogens with one attached hydrogen (secondary N) is 1. The standard InChI is InChI=1S/C11H17N/c1-6-9(4)11(7-12)10(5)8(2)3/h6-8,12H,1,5H2,2-4H3/b11-9-,12-7?. The second kappa shape index (κ2) is 4.70. The average molecular weight is 163 g/mol. The van der Waals surface area contributed by atoms with E-state index in [1.165, 1.54) is 6.21 Å². The van der Waals surface area contributed by atoms with E-state index in [2.05, 4.69) is 27.0 Å². The predicted molar refractivity (Wildman–Crippen MR) is 55.7 cm³/mol. The highest BCUT2D eigenvalue weighted by Crippen LogP contribution is 2.19. The van der Waals surface area contributed by atoms with Crippen LogP contribution in [-0.2, 0) is 0 Å². The summed E-state index contributed by atoms with van der Waals surface area (Å²) in [6.45, 7) is 13.7. The lowest BCUT2D eigenvalue weighted by atomic mass is 9.94. The fourth-order valence-corrected chi connectivity index (χ4v) is 0.881. The summed E-state index contributed by atoms with van der Waals surface area (Å²) in [4.78, 5) is 0. The summed E-state index contributed by atoms with van der Waals surface area (Å²) in [5.41, 5.74) is 2.92. The Balaban J connectivity index is 4.92. The third kappa shape index (κ3) is 2.50. The number of hydrogen-bond donors (Lipinski definition) is 1. The van der Waals surface area contributed by atoms with E-state index in [4.69, 9.17) is 5.41 Å². The molecule has 0 unspecified atom stereocenters. The van der Waals surface area contributed by atoms with Crippen molar-refractivity contribution < 1.29 is 0 Å². The van der Waals surface area contributed by atoms with E-state index in [9.17, 15) is 0 Å². The van der Waals surface area contributed by atoms with E-state index < -0.39 is 0 Å². The molecule has 0 bridgehead atoms. The van der Waals surface area contributed by atoms with Crippen molar-refractivity contribution in [3.63, 3.8) is 0 Å². The maximum Gasteiger partial charge on any atom is 0.0255 e. The van der Waals surface area contributed by atoms with Crippen LogP contribution in [-0.4, -0.2) is 6.21 Å². The van der Waals surface area contributed by atoms with E-state index in [1.54, 1.807) is 6.08 Å². The maximum atomic E-state index is 7.23. The van der Waals surface area contributed by atoms with Gasteiger partial charge in [0.05, 0.1) is 0 Å². The molecule has 1 heteroatoms. The van der Waals surface area contributed by atoms with Crippen LogP contribution in [0.3, 0.4) is 0 Å². The highest BCUT2D eigenvalue weighted by Gasteiger charge is 2.05. The van der Waals surface area contributed by atoms with E-state index >= 15 is 0 Å². The lowest BCUT2D eigenvalue weighted by Gasteiger charge is -2.11. The molecule has 0 saturated heterocycles. The highest BCUT2D eigenvalue weighted by molar-refractivity contribution is 5.84. The van der Waals surface area contributed by atoms with Gasteiger partial charge in [-0.05, 0) is 29.6 Å². The molecule has 0 heterocycles. The molecule has 0 amide bonds. The van der Waals surface area contributed by atoms with Crippen molar-refractivity contribution in [2.75, 3.05) is 0 Å². The summed E-state index contributed by atoms with van der Waals surface area (Å²) in [5, 5.41) is 7.23. The van der Waals surface area contributed by atoms with Gasteiger partial charge in [-0.2, -0.15) is 0 Å². The summed E-state index contributed by atoms with van der Waals surface area (Å²) >= 11 is 0. The van der Waals surface area contributed by atoms with Crippen LogP contribution in [0.2, 0.25) is 0 Å². The van der Waals surface area contributed by atoms with Crippen molar-refractivity contribution in [1.82, 2.24) is 0 Å². The van der Waals surface area contributed by atoms with Crippen molar-refractivity contribution in [1.29, 1.82) is 5.41 Å². The molecular formula is C11H17N. The van der Waals surface area contributed by atoms with Gasteiger partial charge in [0.2, 0.25) is 0 Å². The third-order valence-corrected chi connectivity index (χ3v) is 1.92. The summed E-state index contributed by atoms with van der Waals surface area (Å²) in [6, 6.07) is 0. The lowest BCUT2D eigenvalue weighted by Crippen LogP contribution is -1.99. The van der Waals surface area contributed by atoms with Gasteiger partial charge in [0.1, 0.15) is 0 Å². The molecular weight excluding hydrogens is 146 g/mol. The summed E-state index contributed by atoms with van der Waals surface area (Å²) in [5.74, 6) is 0.386. The average Bonchev–Trinajstić information content (AvgIpc) is 2.05. The van der Waals surface area contributed by atoms with Crippen LogP contribution < -0.4 is 0 Å². The molecule has 0 atom stereocenters. The van der Waals surface area contributed by atoms with E-state index in [-0.39, 0.29) is 0 Å². The van der Waals surface area contributed by atoms with E-state index in [0.717, 1.165) is 16.7 Å². The Morgan fingerprint density at radius 1 is 1.42 bits per heavy atom. The van der Waals surface area contributed by atoms with Crippen LogP contribution in [0.15, 0.2) is 36.0 Å². The lowest BCUT2D eigenvalue weighted by molar-refractivity contribution is 0.788. The van der Waals surface area contributed by atoms with Gasteiger partial charge in [-0.15, -0.1) is 0 Å². The molecule has 0 rings (SSSR count). The van der Waals surface area contributed by atoms with Crippen molar-refractivity contribution in [3.05, 3.63) is 36.0 Å². The molecule has 1 N–H and O–H groups in total. The monoisotopic (exact) mass is 163 g/mol. The minimum Gasteiger partial charge on any atom is -0.308 e. The first-order valence-corrected chi connectivity index (χ1v) is 4.07. The Hall–Kier alpha value is -1.11. The molecule has 12 heavy (non-hydrogen) atoms. The Bertz CT molecular complexity index is 231.